The molecular weight excluding hydrogens is 222 g/mol. The zero-order valence-corrected chi connectivity index (χ0v) is 10.7. The maximum atomic E-state index is 12.1. The first kappa shape index (κ1) is 12.2. The van der Waals surface area contributed by atoms with Crippen LogP contribution in [0.3, 0.4) is 0 Å². The molecule has 2 aliphatic rings. The summed E-state index contributed by atoms with van der Waals surface area (Å²) < 4.78 is 5.29. The minimum atomic E-state index is -0.940. The molecule has 2 fully saturated rings. The second-order valence-corrected chi connectivity index (χ2v) is 6.20. The molecule has 5 heteroatoms. The minimum Gasteiger partial charge on any atom is -0.480 e. The van der Waals surface area contributed by atoms with Gasteiger partial charge in [0.1, 0.15) is 11.6 Å². The van der Waals surface area contributed by atoms with Crippen LogP contribution in [-0.4, -0.2) is 39.3 Å². The van der Waals surface area contributed by atoms with Gasteiger partial charge in [0.05, 0.1) is 0 Å². The Kier molecular flexibility index (Phi) is 2.42. The molecule has 96 valence electrons. The maximum absolute atomic E-state index is 12.1. The molecule has 0 unspecified atom stereocenters. The number of carbonyl (C=O) groups is 2. The van der Waals surface area contributed by atoms with Gasteiger partial charge in [-0.3, -0.25) is 4.90 Å². The van der Waals surface area contributed by atoms with Gasteiger partial charge in [0, 0.05) is 5.54 Å². The van der Waals surface area contributed by atoms with Gasteiger partial charge in [-0.25, -0.2) is 9.59 Å². The van der Waals surface area contributed by atoms with Crippen LogP contribution < -0.4 is 0 Å². The number of carboxylic acid groups (broad SMARTS) is 1. The van der Waals surface area contributed by atoms with E-state index in [0.29, 0.717) is 12.3 Å². The zero-order valence-electron chi connectivity index (χ0n) is 10.7. The number of aliphatic carboxylic acids is 1. The maximum Gasteiger partial charge on any atom is 0.411 e. The number of carbonyl (C=O) groups excluding carboxylic acids is 1. The van der Waals surface area contributed by atoms with E-state index in [-0.39, 0.29) is 5.54 Å². The van der Waals surface area contributed by atoms with Gasteiger partial charge < -0.3 is 9.84 Å². The average molecular weight is 241 g/mol. The minimum absolute atomic E-state index is 0.300. The Balaban J connectivity index is 2.16. The van der Waals surface area contributed by atoms with Gasteiger partial charge in [-0.1, -0.05) is 0 Å². The highest BCUT2D eigenvalue weighted by Gasteiger charge is 2.66. The van der Waals surface area contributed by atoms with Crippen LogP contribution in [0, 0.1) is 5.92 Å². The summed E-state index contributed by atoms with van der Waals surface area (Å²) in [6.45, 7) is 7.28. The van der Waals surface area contributed by atoms with E-state index in [1.807, 2.05) is 6.92 Å². The highest BCUT2D eigenvalue weighted by molar-refractivity contribution is 5.82. The average Bonchev–Trinajstić information content (AvgIpc) is 2.64. The molecule has 1 aliphatic carbocycles. The number of likely N-dealkylation sites (tertiary alicyclic amines) is 1. The van der Waals surface area contributed by atoms with E-state index in [1.54, 1.807) is 20.8 Å². The number of carboxylic acids is 1. The molecule has 3 atom stereocenters. The summed E-state index contributed by atoms with van der Waals surface area (Å²) in [5.74, 6) is -0.625. The fourth-order valence-electron chi connectivity index (χ4n) is 2.66. The molecule has 1 amide bonds. The fourth-order valence-corrected chi connectivity index (χ4v) is 2.66. The molecule has 0 aromatic carbocycles. The zero-order chi connectivity index (χ0) is 13.0. The highest BCUT2D eigenvalue weighted by Crippen LogP contribution is 2.58. The molecule has 1 aliphatic heterocycles. The van der Waals surface area contributed by atoms with Crippen molar-refractivity contribution >= 4 is 12.1 Å². The molecular formula is C12H19NO4. The predicted molar refractivity (Wildman–Crippen MR) is 60.6 cm³/mol. The summed E-state index contributed by atoms with van der Waals surface area (Å²) in [7, 11) is 0. The van der Waals surface area contributed by atoms with E-state index in [2.05, 4.69) is 0 Å². The van der Waals surface area contributed by atoms with Crippen molar-refractivity contribution in [2.24, 2.45) is 5.92 Å². The Labute approximate surface area is 101 Å². The molecule has 5 nitrogen and oxygen atoms in total. The number of hydrogen-bond acceptors (Lipinski definition) is 3. The highest BCUT2D eigenvalue weighted by atomic mass is 16.6. The van der Waals surface area contributed by atoms with E-state index in [0.717, 1.165) is 6.42 Å². The molecule has 2 rings (SSSR count). The van der Waals surface area contributed by atoms with Crippen LogP contribution in [0.25, 0.3) is 0 Å². The first-order valence-corrected chi connectivity index (χ1v) is 5.90. The van der Waals surface area contributed by atoms with Crippen molar-refractivity contribution in [3.63, 3.8) is 0 Å². The Hall–Kier alpha value is -1.26. The topological polar surface area (TPSA) is 66.8 Å². The third-order valence-corrected chi connectivity index (χ3v) is 3.62. The summed E-state index contributed by atoms with van der Waals surface area (Å²) >= 11 is 0. The Bertz CT molecular complexity index is 373. The van der Waals surface area contributed by atoms with E-state index in [9.17, 15) is 9.59 Å². The molecule has 1 saturated carbocycles. The summed E-state index contributed by atoms with van der Waals surface area (Å²) in [5, 5.41) is 9.13. The van der Waals surface area contributed by atoms with Gasteiger partial charge in [-0.2, -0.15) is 0 Å². The van der Waals surface area contributed by atoms with Crippen LogP contribution in [0.1, 0.15) is 40.5 Å². The fraction of sp³-hybridized carbons (Fsp3) is 0.833. The number of hydrogen-bond donors (Lipinski definition) is 1. The molecule has 1 saturated heterocycles. The largest absolute Gasteiger partial charge is 0.480 e. The van der Waals surface area contributed by atoms with Crippen LogP contribution in [0.5, 0.6) is 0 Å². The van der Waals surface area contributed by atoms with Crippen molar-refractivity contribution in [1.82, 2.24) is 4.90 Å². The smallest absolute Gasteiger partial charge is 0.411 e. The lowest BCUT2D eigenvalue weighted by atomic mass is 10.2. The van der Waals surface area contributed by atoms with Gasteiger partial charge in [0.15, 0.2) is 0 Å². The third-order valence-electron chi connectivity index (χ3n) is 3.62. The predicted octanol–water partition coefficient (Wildman–Crippen LogP) is 1.86. The lowest BCUT2D eigenvalue weighted by Crippen LogP contribution is -2.49. The van der Waals surface area contributed by atoms with Crippen molar-refractivity contribution in [3.8, 4) is 0 Å². The van der Waals surface area contributed by atoms with Gasteiger partial charge in [-0.05, 0) is 46.5 Å². The van der Waals surface area contributed by atoms with Gasteiger partial charge in [0.25, 0.3) is 0 Å². The van der Waals surface area contributed by atoms with E-state index in [1.165, 1.54) is 4.90 Å². The Morgan fingerprint density at radius 1 is 1.41 bits per heavy atom. The SMILES string of the molecule is CC(C)(C)OC(=O)N1[C@@H](C(=O)O)C[C@H]2C[C@]21C. The van der Waals surface area contributed by atoms with Crippen molar-refractivity contribution < 1.29 is 19.4 Å². The molecule has 1 heterocycles. The molecule has 0 spiro atoms. The van der Waals surface area contributed by atoms with Gasteiger partial charge in [-0.15, -0.1) is 0 Å². The first-order chi connectivity index (χ1) is 7.65. The van der Waals surface area contributed by atoms with Gasteiger partial charge >= 0.3 is 12.1 Å². The summed E-state index contributed by atoms with van der Waals surface area (Å²) in [6.07, 6.45) is 0.925. The summed E-state index contributed by atoms with van der Waals surface area (Å²) in [6, 6.07) is -0.728. The Morgan fingerprint density at radius 2 is 2.00 bits per heavy atom. The first-order valence-electron chi connectivity index (χ1n) is 5.90. The molecule has 1 N–H and O–H groups in total. The van der Waals surface area contributed by atoms with Crippen molar-refractivity contribution in [1.29, 1.82) is 0 Å². The Morgan fingerprint density at radius 3 is 2.47 bits per heavy atom. The molecule has 0 radical (unpaired) electrons. The van der Waals surface area contributed by atoms with E-state index >= 15 is 0 Å². The number of ether oxygens (including phenoxy) is 1. The monoisotopic (exact) mass is 241 g/mol. The lowest BCUT2D eigenvalue weighted by Gasteiger charge is -2.32. The van der Waals surface area contributed by atoms with Crippen LogP contribution in [0.2, 0.25) is 0 Å². The summed E-state index contributed by atoms with van der Waals surface area (Å²) in [4.78, 5) is 24.6. The standard InChI is InChI=1S/C12H19NO4/c1-11(2,3)17-10(16)13-8(9(14)15)5-7-6-12(7,13)4/h7-8H,5-6H2,1-4H3,(H,14,15)/t7-,8+,12+/m0/s1. The van der Waals surface area contributed by atoms with Gasteiger partial charge in [0.2, 0.25) is 0 Å². The molecule has 0 aromatic rings. The number of piperidine rings is 1. The van der Waals surface area contributed by atoms with E-state index in [4.69, 9.17) is 9.84 Å². The van der Waals surface area contributed by atoms with Crippen LogP contribution in [0.4, 0.5) is 4.79 Å². The van der Waals surface area contributed by atoms with Crippen molar-refractivity contribution in [2.75, 3.05) is 0 Å². The number of nitrogens with zero attached hydrogens (tertiary/aromatic N) is 1. The normalized spacial score (nSPS) is 35.4. The molecule has 0 aromatic heterocycles. The second kappa shape index (κ2) is 3.37. The van der Waals surface area contributed by atoms with Crippen LogP contribution in [-0.2, 0) is 9.53 Å². The van der Waals surface area contributed by atoms with Crippen molar-refractivity contribution in [3.05, 3.63) is 0 Å². The second-order valence-electron chi connectivity index (χ2n) is 6.20. The van der Waals surface area contributed by atoms with E-state index < -0.39 is 23.7 Å². The third kappa shape index (κ3) is 1.98. The summed E-state index contributed by atoms with van der Waals surface area (Å²) in [5.41, 5.74) is -0.894. The van der Waals surface area contributed by atoms with Crippen LogP contribution in [0.15, 0.2) is 0 Å². The number of rotatable bonds is 1. The number of amides is 1. The molecule has 0 bridgehead atoms. The van der Waals surface area contributed by atoms with Crippen LogP contribution >= 0.6 is 0 Å². The molecule has 17 heavy (non-hydrogen) atoms. The number of fused-ring (bicyclic) bond motifs is 1. The lowest BCUT2D eigenvalue weighted by molar-refractivity contribution is -0.143. The quantitative estimate of drug-likeness (QED) is 0.761. The van der Waals surface area contributed by atoms with Crippen molar-refractivity contribution in [2.45, 2.75) is 57.7 Å².